The van der Waals surface area contributed by atoms with Crippen molar-refractivity contribution in [2.75, 3.05) is 19.0 Å². The fourth-order valence-electron chi connectivity index (χ4n) is 2.15. The van der Waals surface area contributed by atoms with Crippen LogP contribution in [-0.4, -0.2) is 25.5 Å². The van der Waals surface area contributed by atoms with E-state index in [-0.39, 0.29) is 12.1 Å². The van der Waals surface area contributed by atoms with Gasteiger partial charge in [-0.1, -0.05) is 22.0 Å². The Balaban J connectivity index is 1.91. The fourth-order valence-corrected chi connectivity index (χ4v) is 2.53. The predicted octanol–water partition coefficient (Wildman–Crippen LogP) is 3.67. The first-order valence-corrected chi connectivity index (χ1v) is 8.54. The van der Waals surface area contributed by atoms with E-state index >= 15 is 0 Å². The van der Waals surface area contributed by atoms with Gasteiger partial charge in [0.1, 0.15) is 11.6 Å². The molecular weight excluding hydrogens is 403 g/mol. The number of methoxy groups -OCH3 is 1. The van der Waals surface area contributed by atoms with Crippen LogP contribution in [0.2, 0.25) is 0 Å². The minimum Gasteiger partial charge on any atom is -0.495 e. The van der Waals surface area contributed by atoms with Crippen molar-refractivity contribution in [3.8, 4) is 5.75 Å². The number of carbonyl (C=O) groups is 2. The van der Waals surface area contributed by atoms with Gasteiger partial charge < -0.3 is 15.4 Å². The summed E-state index contributed by atoms with van der Waals surface area (Å²) in [6, 6.07) is 9.80. The van der Waals surface area contributed by atoms with Crippen molar-refractivity contribution in [3.63, 3.8) is 0 Å². The quantitative estimate of drug-likeness (QED) is 0.700. The summed E-state index contributed by atoms with van der Waals surface area (Å²) in [5, 5.41) is 5.13. The standard InChI is InChI=1S/C19H18BrFN2O3/c1-12-3-7-17(26-2)16(9-12)23-19(25)11-22-18(24)8-4-13-10-14(20)5-6-15(13)21/h3-10H,11H2,1-2H3,(H,22,24)(H,23,25)/b8-4+. The zero-order valence-electron chi connectivity index (χ0n) is 14.3. The Hall–Kier alpha value is -2.67. The number of carbonyl (C=O) groups excluding carboxylic acids is 2. The van der Waals surface area contributed by atoms with Crippen molar-refractivity contribution in [2.24, 2.45) is 0 Å². The monoisotopic (exact) mass is 420 g/mol. The average Bonchev–Trinajstić information content (AvgIpc) is 2.61. The van der Waals surface area contributed by atoms with E-state index in [4.69, 9.17) is 4.74 Å². The molecule has 7 heteroatoms. The molecule has 2 aromatic carbocycles. The molecule has 0 atom stereocenters. The maximum atomic E-state index is 13.6. The zero-order valence-corrected chi connectivity index (χ0v) is 15.9. The van der Waals surface area contributed by atoms with Gasteiger partial charge in [0.25, 0.3) is 0 Å². The van der Waals surface area contributed by atoms with E-state index in [0.717, 1.165) is 5.56 Å². The number of ether oxygens (including phenoxy) is 1. The third-order valence-corrected chi connectivity index (χ3v) is 3.92. The molecule has 26 heavy (non-hydrogen) atoms. The fraction of sp³-hybridized carbons (Fsp3) is 0.158. The Morgan fingerprint density at radius 1 is 1.23 bits per heavy atom. The summed E-state index contributed by atoms with van der Waals surface area (Å²) in [6.07, 6.45) is 2.52. The van der Waals surface area contributed by atoms with Crippen molar-refractivity contribution >= 4 is 39.5 Å². The lowest BCUT2D eigenvalue weighted by Crippen LogP contribution is -2.31. The van der Waals surface area contributed by atoms with Crippen LogP contribution in [0, 0.1) is 12.7 Å². The molecule has 0 aromatic heterocycles. The van der Waals surface area contributed by atoms with Crippen LogP contribution in [0.4, 0.5) is 10.1 Å². The number of halogens is 2. The highest BCUT2D eigenvalue weighted by molar-refractivity contribution is 9.10. The number of aryl methyl sites for hydroxylation is 1. The summed E-state index contributed by atoms with van der Waals surface area (Å²) < 4.78 is 19.5. The van der Waals surface area contributed by atoms with Crippen LogP contribution in [0.1, 0.15) is 11.1 Å². The lowest BCUT2D eigenvalue weighted by atomic mass is 10.2. The van der Waals surface area contributed by atoms with Gasteiger partial charge in [0.15, 0.2) is 0 Å². The third-order valence-electron chi connectivity index (χ3n) is 3.42. The Morgan fingerprint density at radius 3 is 2.73 bits per heavy atom. The number of rotatable bonds is 6. The highest BCUT2D eigenvalue weighted by Gasteiger charge is 2.09. The zero-order chi connectivity index (χ0) is 19.1. The number of nitrogens with one attached hydrogen (secondary N) is 2. The number of hydrogen-bond donors (Lipinski definition) is 2. The highest BCUT2D eigenvalue weighted by Crippen LogP contribution is 2.24. The first-order valence-electron chi connectivity index (χ1n) is 7.74. The van der Waals surface area contributed by atoms with Gasteiger partial charge in [0.2, 0.25) is 11.8 Å². The van der Waals surface area contributed by atoms with Crippen molar-refractivity contribution in [1.29, 1.82) is 0 Å². The number of hydrogen-bond acceptors (Lipinski definition) is 3. The van der Waals surface area contributed by atoms with E-state index < -0.39 is 17.6 Å². The molecular formula is C19H18BrFN2O3. The predicted molar refractivity (Wildman–Crippen MR) is 103 cm³/mol. The molecule has 2 amide bonds. The molecule has 2 rings (SSSR count). The Bertz CT molecular complexity index is 853. The number of anilines is 1. The summed E-state index contributed by atoms with van der Waals surface area (Å²) in [5.74, 6) is -0.818. The lowest BCUT2D eigenvalue weighted by Gasteiger charge is -2.11. The van der Waals surface area contributed by atoms with E-state index in [2.05, 4.69) is 26.6 Å². The Labute approximate surface area is 159 Å². The van der Waals surface area contributed by atoms with Gasteiger partial charge in [0, 0.05) is 16.1 Å². The summed E-state index contributed by atoms with van der Waals surface area (Å²) in [6.45, 7) is 1.67. The third kappa shape index (κ3) is 5.70. The van der Waals surface area contributed by atoms with Gasteiger partial charge in [-0.15, -0.1) is 0 Å². The van der Waals surface area contributed by atoms with Crippen LogP contribution in [0.15, 0.2) is 46.9 Å². The van der Waals surface area contributed by atoms with E-state index in [1.165, 1.54) is 25.3 Å². The van der Waals surface area contributed by atoms with Crippen molar-refractivity contribution in [1.82, 2.24) is 5.32 Å². The molecule has 2 N–H and O–H groups in total. The Kier molecular flexibility index (Phi) is 6.91. The topological polar surface area (TPSA) is 67.4 Å². The maximum absolute atomic E-state index is 13.6. The van der Waals surface area contributed by atoms with E-state index in [1.807, 2.05) is 13.0 Å². The molecule has 0 radical (unpaired) electrons. The van der Waals surface area contributed by atoms with Crippen molar-refractivity contribution < 1.29 is 18.7 Å². The largest absolute Gasteiger partial charge is 0.495 e. The number of amides is 2. The molecule has 0 saturated carbocycles. The van der Waals surface area contributed by atoms with Gasteiger partial charge in [-0.2, -0.15) is 0 Å². The molecule has 0 fully saturated rings. The summed E-state index contributed by atoms with van der Waals surface area (Å²) in [7, 11) is 1.51. The van der Waals surface area contributed by atoms with E-state index in [0.29, 0.717) is 15.9 Å². The number of benzene rings is 2. The average molecular weight is 421 g/mol. The van der Waals surface area contributed by atoms with E-state index in [1.54, 1.807) is 24.3 Å². The molecule has 2 aromatic rings. The molecule has 0 spiro atoms. The van der Waals surface area contributed by atoms with Crippen LogP contribution in [0.5, 0.6) is 5.75 Å². The minimum atomic E-state index is -0.504. The molecule has 0 heterocycles. The molecule has 0 bridgehead atoms. The lowest BCUT2D eigenvalue weighted by molar-refractivity contribution is -0.121. The van der Waals surface area contributed by atoms with Crippen LogP contribution >= 0.6 is 15.9 Å². The van der Waals surface area contributed by atoms with Gasteiger partial charge >= 0.3 is 0 Å². The maximum Gasteiger partial charge on any atom is 0.244 e. The second-order valence-corrected chi connectivity index (χ2v) is 6.38. The molecule has 0 aliphatic rings. The Morgan fingerprint density at radius 2 is 2.00 bits per heavy atom. The molecule has 136 valence electrons. The first kappa shape index (κ1) is 19.7. The van der Waals surface area contributed by atoms with Crippen molar-refractivity contribution in [3.05, 3.63) is 63.9 Å². The summed E-state index contributed by atoms with van der Waals surface area (Å²) >= 11 is 3.24. The minimum absolute atomic E-state index is 0.221. The molecule has 5 nitrogen and oxygen atoms in total. The second kappa shape index (κ2) is 9.15. The highest BCUT2D eigenvalue weighted by atomic mass is 79.9. The van der Waals surface area contributed by atoms with Gasteiger partial charge in [-0.3, -0.25) is 9.59 Å². The van der Waals surface area contributed by atoms with Gasteiger partial charge in [0.05, 0.1) is 19.3 Å². The van der Waals surface area contributed by atoms with Gasteiger partial charge in [-0.25, -0.2) is 4.39 Å². The van der Waals surface area contributed by atoms with E-state index in [9.17, 15) is 14.0 Å². The molecule has 0 aliphatic heterocycles. The summed E-state index contributed by atoms with van der Waals surface area (Å²) in [4.78, 5) is 23.8. The van der Waals surface area contributed by atoms with Crippen molar-refractivity contribution in [2.45, 2.75) is 6.92 Å². The first-order chi connectivity index (χ1) is 12.4. The molecule has 0 saturated heterocycles. The molecule has 0 unspecified atom stereocenters. The normalized spacial score (nSPS) is 10.6. The van der Waals surface area contributed by atoms with Crippen LogP contribution in [0.3, 0.4) is 0 Å². The molecule has 0 aliphatic carbocycles. The second-order valence-electron chi connectivity index (χ2n) is 5.47. The van der Waals surface area contributed by atoms with Crippen LogP contribution < -0.4 is 15.4 Å². The van der Waals surface area contributed by atoms with Crippen LogP contribution in [-0.2, 0) is 9.59 Å². The van der Waals surface area contributed by atoms with Gasteiger partial charge in [-0.05, 0) is 48.9 Å². The summed E-state index contributed by atoms with van der Waals surface area (Å²) in [5.41, 5.74) is 1.76. The SMILES string of the molecule is COc1ccc(C)cc1NC(=O)CNC(=O)/C=C/c1cc(Br)ccc1F. The smallest absolute Gasteiger partial charge is 0.244 e. The van der Waals surface area contributed by atoms with Crippen LogP contribution in [0.25, 0.3) is 6.08 Å².